The number of thiazole rings is 1. The summed E-state index contributed by atoms with van der Waals surface area (Å²) in [7, 11) is 0. The molecule has 0 radical (unpaired) electrons. The third kappa shape index (κ3) is 4.00. The maximum Gasteiger partial charge on any atom is 0.324 e. The van der Waals surface area contributed by atoms with Gasteiger partial charge in [-0.15, -0.1) is 11.3 Å². The van der Waals surface area contributed by atoms with Gasteiger partial charge in [0.15, 0.2) is 6.10 Å². The topological polar surface area (TPSA) is 101 Å². The van der Waals surface area contributed by atoms with Gasteiger partial charge in [-0.2, -0.15) is 0 Å². The lowest BCUT2D eigenvalue weighted by Crippen LogP contribution is -2.42. The van der Waals surface area contributed by atoms with E-state index in [0.29, 0.717) is 12.2 Å². The lowest BCUT2D eigenvalue weighted by molar-refractivity contribution is -0.156. The van der Waals surface area contributed by atoms with Crippen molar-refractivity contribution in [3.05, 3.63) is 35.6 Å². The summed E-state index contributed by atoms with van der Waals surface area (Å²) in [5.74, 6) is -1.10. The summed E-state index contributed by atoms with van der Waals surface area (Å²) in [5, 5.41) is 5.05. The second-order valence-electron chi connectivity index (χ2n) is 5.42. The molecule has 0 aromatic carbocycles. The van der Waals surface area contributed by atoms with Gasteiger partial charge in [0.05, 0.1) is 12.1 Å². The van der Waals surface area contributed by atoms with Crippen LogP contribution < -0.4 is 5.32 Å². The third-order valence-electron chi connectivity index (χ3n) is 3.56. The van der Waals surface area contributed by atoms with Crippen LogP contribution in [0, 0.1) is 0 Å². The van der Waals surface area contributed by atoms with Gasteiger partial charge in [-0.3, -0.25) is 19.5 Å². The average molecular weight is 360 g/mol. The standard InChI is InChI=1S/C16H16N4O4S/c1-10(15(22)20-6-5-18-16(20)23)24-13(21)7-12-9-25-14(19-12)11-3-2-4-17-8-11/h2-4,8-10H,5-7H2,1H3,(H,18,23)/t10-/m1/s1. The number of amides is 3. The van der Waals surface area contributed by atoms with Crippen molar-refractivity contribution in [1.82, 2.24) is 20.2 Å². The van der Waals surface area contributed by atoms with Crippen molar-refractivity contribution in [3.8, 4) is 10.6 Å². The van der Waals surface area contributed by atoms with Gasteiger partial charge in [0.25, 0.3) is 5.91 Å². The molecule has 0 bridgehead atoms. The number of nitrogens with zero attached hydrogens (tertiary/aromatic N) is 3. The first-order valence-electron chi connectivity index (χ1n) is 7.68. The number of rotatable bonds is 5. The maximum absolute atomic E-state index is 12.1. The summed E-state index contributed by atoms with van der Waals surface area (Å²) in [6.07, 6.45) is 2.31. The summed E-state index contributed by atoms with van der Waals surface area (Å²) in [4.78, 5) is 45.1. The molecule has 3 heterocycles. The number of carbonyl (C=O) groups is 3. The number of imide groups is 1. The van der Waals surface area contributed by atoms with Gasteiger partial charge in [0, 0.05) is 36.4 Å². The molecular formula is C16H16N4O4S. The van der Waals surface area contributed by atoms with Gasteiger partial charge in [-0.05, 0) is 19.1 Å². The molecule has 3 amide bonds. The Hall–Kier alpha value is -2.81. The number of urea groups is 1. The SMILES string of the molecule is C[C@@H](OC(=O)Cc1csc(-c2cccnc2)n1)C(=O)N1CCNC1=O. The van der Waals surface area contributed by atoms with Crippen LogP contribution in [-0.2, 0) is 20.7 Å². The number of aromatic nitrogens is 2. The van der Waals surface area contributed by atoms with Crippen molar-refractivity contribution < 1.29 is 19.1 Å². The van der Waals surface area contributed by atoms with Crippen molar-refractivity contribution in [2.24, 2.45) is 0 Å². The Labute approximate surface area is 147 Å². The first kappa shape index (κ1) is 17.0. The molecule has 0 spiro atoms. The van der Waals surface area contributed by atoms with Crippen LogP contribution in [0.25, 0.3) is 10.6 Å². The molecule has 0 aliphatic carbocycles. The van der Waals surface area contributed by atoms with Crippen LogP contribution in [0.15, 0.2) is 29.9 Å². The Morgan fingerprint density at radius 3 is 3.00 bits per heavy atom. The molecule has 1 N–H and O–H groups in total. The molecule has 2 aromatic rings. The summed E-state index contributed by atoms with van der Waals surface area (Å²) < 4.78 is 5.13. The lowest BCUT2D eigenvalue weighted by atomic mass is 10.3. The van der Waals surface area contributed by atoms with Crippen LogP contribution >= 0.6 is 11.3 Å². The average Bonchev–Trinajstić information content (AvgIpc) is 3.24. The zero-order chi connectivity index (χ0) is 17.8. The highest BCUT2D eigenvalue weighted by Gasteiger charge is 2.31. The fraction of sp³-hybridized carbons (Fsp3) is 0.312. The fourth-order valence-electron chi connectivity index (χ4n) is 2.35. The first-order valence-corrected chi connectivity index (χ1v) is 8.56. The van der Waals surface area contributed by atoms with Crippen molar-refractivity contribution in [3.63, 3.8) is 0 Å². The second kappa shape index (κ2) is 7.39. The van der Waals surface area contributed by atoms with Crippen molar-refractivity contribution in [2.75, 3.05) is 13.1 Å². The highest BCUT2D eigenvalue weighted by atomic mass is 32.1. The van der Waals surface area contributed by atoms with Gasteiger partial charge in [0.1, 0.15) is 5.01 Å². The number of nitrogens with one attached hydrogen (secondary N) is 1. The first-order chi connectivity index (χ1) is 12.0. The summed E-state index contributed by atoms with van der Waals surface area (Å²) in [6, 6.07) is 3.23. The molecule has 3 rings (SSSR count). The van der Waals surface area contributed by atoms with Gasteiger partial charge in [-0.1, -0.05) is 0 Å². The number of hydrogen-bond acceptors (Lipinski definition) is 7. The minimum atomic E-state index is -1.02. The second-order valence-corrected chi connectivity index (χ2v) is 6.27. The molecule has 25 heavy (non-hydrogen) atoms. The maximum atomic E-state index is 12.1. The lowest BCUT2D eigenvalue weighted by Gasteiger charge is -2.17. The Morgan fingerprint density at radius 2 is 2.32 bits per heavy atom. The van der Waals surface area contributed by atoms with Crippen LogP contribution in [0.1, 0.15) is 12.6 Å². The smallest absolute Gasteiger partial charge is 0.324 e. The third-order valence-corrected chi connectivity index (χ3v) is 4.50. The molecule has 9 heteroatoms. The van der Waals surface area contributed by atoms with Crippen LogP contribution in [0.5, 0.6) is 0 Å². The van der Waals surface area contributed by atoms with E-state index in [9.17, 15) is 14.4 Å². The van der Waals surface area contributed by atoms with Gasteiger partial charge in [-0.25, -0.2) is 9.78 Å². The number of pyridine rings is 1. The molecule has 1 fully saturated rings. The Bertz CT molecular complexity index is 792. The normalized spacial score (nSPS) is 14.9. The van der Waals surface area contributed by atoms with Crippen LogP contribution in [0.3, 0.4) is 0 Å². The van der Waals surface area contributed by atoms with E-state index in [4.69, 9.17) is 4.74 Å². The minimum Gasteiger partial charge on any atom is -0.452 e. The largest absolute Gasteiger partial charge is 0.452 e. The van der Waals surface area contributed by atoms with Crippen LogP contribution in [-0.4, -0.2) is 52.0 Å². The molecule has 1 aliphatic heterocycles. The zero-order valence-corrected chi connectivity index (χ0v) is 14.3. The van der Waals surface area contributed by atoms with Gasteiger partial charge >= 0.3 is 12.0 Å². The van der Waals surface area contributed by atoms with Crippen LogP contribution in [0.4, 0.5) is 4.79 Å². The van der Waals surface area contributed by atoms with Crippen molar-refractivity contribution in [2.45, 2.75) is 19.4 Å². The molecule has 0 unspecified atom stereocenters. The molecule has 130 valence electrons. The molecule has 0 saturated carbocycles. The fourth-order valence-corrected chi connectivity index (χ4v) is 3.16. The summed E-state index contributed by atoms with van der Waals surface area (Å²) in [6.45, 7) is 2.13. The quantitative estimate of drug-likeness (QED) is 0.805. The van der Waals surface area contributed by atoms with E-state index in [1.54, 1.807) is 17.8 Å². The van der Waals surface area contributed by atoms with Crippen LogP contribution in [0.2, 0.25) is 0 Å². The molecule has 2 aromatic heterocycles. The number of carbonyl (C=O) groups excluding carboxylic acids is 3. The van der Waals surface area contributed by atoms with E-state index in [1.807, 2.05) is 12.1 Å². The molecular weight excluding hydrogens is 344 g/mol. The molecule has 1 atom stereocenters. The highest BCUT2D eigenvalue weighted by molar-refractivity contribution is 7.13. The number of ether oxygens (including phenoxy) is 1. The van der Waals surface area contributed by atoms with E-state index < -0.39 is 24.0 Å². The van der Waals surface area contributed by atoms with E-state index in [-0.39, 0.29) is 13.0 Å². The molecule has 8 nitrogen and oxygen atoms in total. The monoisotopic (exact) mass is 360 g/mol. The van der Waals surface area contributed by atoms with Gasteiger partial charge < -0.3 is 10.1 Å². The Balaban J connectivity index is 1.56. The minimum absolute atomic E-state index is 0.0411. The van der Waals surface area contributed by atoms with Crippen molar-refractivity contribution >= 4 is 29.2 Å². The van der Waals surface area contributed by atoms with E-state index in [0.717, 1.165) is 15.5 Å². The Kier molecular flexibility index (Phi) is 5.03. The van der Waals surface area contributed by atoms with E-state index in [2.05, 4.69) is 15.3 Å². The Morgan fingerprint density at radius 1 is 1.48 bits per heavy atom. The number of hydrogen-bond donors (Lipinski definition) is 1. The van der Waals surface area contributed by atoms with Crippen molar-refractivity contribution in [1.29, 1.82) is 0 Å². The van der Waals surface area contributed by atoms with E-state index >= 15 is 0 Å². The highest BCUT2D eigenvalue weighted by Crippen LogP contribution is 2.23. The number of esters is 1. The van der Waals surface area contributed by atoms with Gasteiger partial charge in [0.2, 0.25) is 0 Å². The summed E-state index contributed by atoms with van der Waals surface area (Å²) >= 11 is 1.40. The predicted molar refractivity (Wildman–Crippen MR) is 89.7 cm³/mol. The van der Waals surface area contributed by atoms with E-state index in [1.165, 1.54) is 18.3 Å². The molecule has 1 saturated heterocycles. The predicted octanol–water partition coefficient (Wildman–Crippen LogP) is 1.23. The molecule has 1 aliphatic rings. The summed E-state index contributed by atoms with van der Waals surface area (Å²) in [5.41, 5.74) is 1.43. The zero-order valence-electron chi connectivity index (χ0n) is 13.5.